The Hall–Kier alpha value is 0.905. The summed E-state index contributed by atoms with van der Waals surface area (Å²) in [7, 11) is -2.17. The Morgan fingerprint density at radius 3 is 1.38 bits per heavy atom. The Bertz CT molecular complexity index is 29.8. The van der Waals surface area contributed by atoms with Crippen molar-refractivity contribution in [3.05, 3.63) is 0 Å². The molecule has 0 radical (unpaired) electrons. The van der Waals surface area contributed by atoms with Gasteiger partial charge in [0.25, 0.3) is 0 Å². The van der Waals surface area contributed by atoms with E-state index in [9.17, 15) is 0 Å². The van der Waals surface area contributed by atoms with Crippen molar-refractivity contribution >= 4 is 7.32 Å². The summed E-state index contributed by atoms with van der Waals surface area (Å²) >= 11 is 0. The topological polar surface area (TPSA) is 80.9 Å². The fourth-order valence-corrected chi connectivity index (χ4v) is 0. The SMILES string of the molecule is CCO.OB(O)O.[H-].[Na+]. The van der Waals surface area contributed by atoms with E-state index in [1.54, 1.807) is 6.92 Å². The molecule has 0 fully saturated rings. The number of aliphatic hydroxyl groups is 1. The van der Waals surface area contributed by atoms with Gasteiger partial charge in [0.1, 0.15) is 0 Å². The molecule has 0 rings (SSSR count). The molecule has 0 spiro atoms. The Balaban J connectivity index is -0.0000000233. The minimum atomic E-state index is -2.17. The zero-order valence-corrected chi connectivity index (χ0v) is 7.07. The van der Waals surface area contributed by atoms with Gasteiger partial charge in [0.15, 0.2) is 0 Å². The fourth-order valence-electron chi connectivity index (χ4n) is 0. The Kier molecular flexibility index (Phi) is 31.3. The molecule has 6 heteroatoms. The van der Waals surface area contributed by atoms with E-state index in [-0.39, 0.29) is 37.6 Å². The second-order valence-electron chi connectivity index (χ2n) is 0.663. The molecular weight excluding hydrogens is 122 g/mol. The van der Waals surface area contributed by atoms with Gasteiger partial charge in [-0.15, -0.1) is 0 Å². The summed E-state index contributed by atoms with van der Waals surface area (Å²) in [5.41, 5.74) is 0. The molecule has 0 aromatic heterocycles. The van der Waals surface area contributed by atoms with Crippen LogP contribution in [0.15, 0.2) is 0 Å². The third kappa shape index (κ3) is 294. The van der Waals surface area contributed by atoms with Gasteiger partial charge < -0.3 is 21.6 Å². The molecule has 0 aliphatic heterocycles. The molecule has 46 valence electrons. The monoisotopic (exact) mass is 132 g/mol. The van der Waals surface area contributed by atoms with E-state index in [1.165, 1.54) is 0 Å². The van der Waals surface area contributed by atoms with E-state index in [2.05, 4.69) is 0 Å². The van der Waals surface area contributed by atoms with E-state index >= 15 is 0 Å². The molecule has 0 amide bonds. The first-order chi connectivity index (χ1) is 3.15. The van der Waals surface area contributed by atoms with Crippen LogP contribution >= 0.6 is 0 Å². The summed E-state index contributed by atoms with van der Waals surface area (Å²) in [6.07, 6.45) is 0. The molecule has 0 aliphatic carbocycles. The first-order valence-electron chi connectivity index (χ1n) is 1.80. The zero-order chi connectivity index (χ0) is 6.28. The summed E-state index contributed by atoms with van der Waals surface area (Å²) in [5.74, 6) is 0. The molecule has 0 aromatic carbocycles. The van der Waals surface area contributed by atoms with Gasteiger partial charge in [0.2, 0.25) is 0 Å². The van der Waals surface area contributed by atoms with Gasteiger partial charge >= 0.3 is 36.9 Å². The van der Waals surface area contributed by atoms with Crippen LogP contribution in [0.25, 0.3) is 0 Å². The van der Waals surface area contributed by atoms with Gasteiger partial charge in [-0.25, -0.2) is 0 Å². The van der Waals surface area contributed by atoms with Crippen molar-refractivity contribution in [2.45, 2.75) is 6.92 Å². The minimum Gasteiger partial charge on any atom is -1.00 e. The normalized spacial score (nSPS) is 5.62. The van der Waals surface area contributed by atoms with Crippen LogP contribution in [-0.4, -0.2) is 34.1 Å². The van der Waals surface area contributed by atoms with Crippen LogP contribution in [0.5, 0.6) is 0 Å². The van der Waals surface area contributed by atoms with E-state index in [1.807, 2.05) is 0 Å². The molecule has 8 heavy (non-hydrogen) atoms. The van der Waals surface area contributed by atoms with E-state index in [0.29, 0.717) is 0 Å². The van der Waals surface area contributed by atoms with Crippen LogP contribution in [0.3, 0.4) is 0 Å². The van der Waals surface area contributed by atoms with Gasteiger partial charge in [-0.2, -0.15) is 0 Å². The van der Waals surface area contributed by atoms with Gasteiger partial charge in [-0.1, -0.05) is 0 Å². The van der Waals surface area contributed by atoms with Crippen molar-refractivity contribution in [1.29, 1.82) is 0 Å². The van der Waals surface area contributed by atoms with Gasteiger partial charge in [-0.3, -0.25) is 0 Å². The first-order valence-corrected chi connectivity index (χ1v) is 1.80. The van der Waals surface area contributed by atoms with Crippen LogP contribution in [0.2, 0.25) is 0 Å². The van der Waals surface area contributed by atoms with E-state index < -0.39 is 7.32 Å². The Labute approximate surface area is 72.1 Å². The maximum atomic E-state index is 7.57. The summed E-state index contributed by atoms with van der Waals surface area (Å²) in [5, 5.41) is 29.1. The van der Waals surface area contributed by atoms with Crippen LogP contribution in [0.4, 0.5) is 0 Å². The molecule has 0 atom stereocenters. The summed E-state index contributed by atoms with van der Waals surface area (Å²) < 4.78 is 0. The molecule has 0 bridgehead atoms. The molecule has 4 nitrogen and oxygen atoms in total. The molecular formula is C2H10BNaO4. The summed E-state index contributed by atoms with van der Waals surface area (Å²) in [4.78, 5) is 0. The maximum absolute atomic E-state index is 7.57. The second-order valence-corrected chi connectivity index (χ2v) is 0.663. The quantitative estimate of drug-likeness (QED) is 0.249. The molecule has 0 saturated carbocycles. The second kappa shape index (κ2) is 15.7. The minimum absolute atomic E-state index is 0. The Morgan fingerprint density at radius 2 is 1.38 bits per heavy atom. The van der Waals surface area contributed by atoms with Crippen LogP contribution in [0.1, 0.15) is 8.35 Å². The molecule has 0 unspecified atom stereocenters. The standard InChI is InChI=1S/C2H6O.BH3O3.Na.H/c1-2-3;2-1(3)4;;/h3H,2H2,1H3;2-4H;;/q;;+1;-1. The fraction of sp³-hybridized carbons (Fsp3) is 1.00. The number of hydrogen-bond donors (Lipinski definition) is 4. The summed E-state index contributed by atoms with van der Waals surface area (Å²) in [6.45, 7) is 1.93. The third-order valence-electron chi connectivity index (χ3n) is 0. The van der Waals surface area contributed by atoms with Crippen LogP contribution in [-0.2, 0) is 0 Å². The predicted octanol–water partition coefficient (Wildman–Crippen LogP) is -4.94. The van der Waals surface area contributed by atoms with E-state index in [0.717, 1.165) is 0 Å². The van der Waals surface area contributed by atoms with Gasteiger partial charge in [0.05, 0.1) is 0 Å². The van der Waals surface area contributed by atoms with Crippen molar-refractivity contribution < 1.29 is 51.2 Å². The van der Waals surface area contributed by atoms with Crippen molar-refractivity contribution in [3.63, 3.8) is 0 Å². The van der Waals surface area contributed by atoms with Crippen LogP contribution < -0.4 is 29.6 Å². The first kappa shape index (κ1) is 16.0. The number of aliphatic hydroxyl groups excluding tert-OH is 1. The molecule has 0 aliphatic rings. The number of rotatable bonds is 0. The zero-order valence-electron chi connectivity index (χ0n) is 6.07. The average Bonchev–Trinajstić information content (AvgIpc) is 1.33. The third-order valence-corrected chi connectivity index (χ3v) is 0. The largest absolute Gasteiger partial charge is 1.00 e. The Morgan fingerprint density at radius 1 is 1.38 bits per heavy atom. The van der Waals surface area contributed by atoms with Crippen LogP contribution in [0, 0.1) is 0 Å². The molecule has 4 N–H and O–H groups in total. The predicted molar refractivity (Wildman–Crippen MR) is 26.3 cm³/mol. The van der Waals surface area contributed by atoms with Crippen molar-refractivity contribution in [3.8, 4) is 0 Å². The van der Waals surface area contributed by atoms with Gasteiger partial charge in [0, 0.05) is 6.61 Å². The summed E-state index contributed by atoms with van der Waals surface area (Å²) in [6, 6.07) is 0. The maximum Gasteiger partial charge on any atom is 1.00 e. The smallest absolute Gasteiger partial charge is 1.00 e. The van der Waals surface area contributed by atoms with E-state index in [4.69, 9.17) is 20.2 Å². The van der Waals surface area contributed by atoms with Gasteiger partial charge in [-0.05, 0) is 6.92 Å². The van der Waals surface area contributed by atoms with Crippen molar-refractivity contribution in [2.75, 3.05) is 6.61 Å². The molecule has 0 saturated heterocycles. The van der Waals surface area contributed by atoms with Crippen molar-refractivity contribution in [2.24, 2.45) is 0 Å². The average molecular weight is 132 g/mol. The number of hydrogen-bond acceptors (Lipinski definition) is 4. The molecule has 0 heterocycles. The van der Waals surface area contributed by atoms with Crippen molar-refractivity contribution in [1.82, 2.24) is 0 Å². The molecule has 0 aromatic rings.